The largest absolute Gasteiger partial charge is 0.444 e. The molecule has 3 unspecified atom stereocenters. The molecule has 4 N–H and O–H groups in total. The van der Waals surface area contributed by atoms with Crippen molar-refractivity contribution in [2.45, 2.75) is 89.0 Å². The number of amides is 2. The van der Waals surface area contributed by atoms with Crippen molar-refractivity contribution in [2.75, 3.05) is 18.4 Å². The van der Waals surface area contributed by atoms with Crippen LogP contribution in [0, 0.1) is 17.8 Å². The van der Waals surface area contributed by atoms with Gasteiger partial charge in [0.1, 0.15) is 11.2 Å². The van der Waals surface area contributed by atoms with Crippen molar-refractivity contribution >= 4 is 28.7 Å². The Bertz CT molecular complexity index is 1480. The number of H-pyrrole nitrogens is 1. The summed E-state index contributed by atoms with van der Waals surface area (Å²) in [6, 6.07) is 1.87. The van der Waals surface area contributed by atoms with E-state index in [0.29, 0.717) is 49.2 Å². The van der Waals surface area contributed by atoms with E-state index in [1.165, 1.54) is 0 Å². The number of aromatic amines is 1. The number of ether oxygens (including phenoxy) is 1. The zero-order valence-electron chi connectivity index (χ0n) is 24.4. The van der Waals surface area contributed by atoms with Crippen molar-refractivity contribution < 1.29 is 24.0 Å². The fourth-order valence-electron chi connectivity index (χ4n) is 7.93. The average Bonchev–Trinajstić information content (AvgIpc) is 3.61. The van der Waals surface area contributed by atoms with Crippen molar-refractivity contribution in [2.24, 2.45) is 17.8 Å². The lowest BCUT2D eigenvalue weighted by molar-refractivity contribution is -0.0960. The molecule has 0 aromatic carbocycles. The molecule has 5 fully saturated rings. The number of aliphatic hydroxyl groups is 1. The predicted molar refractivity (Wildman–Crippen MR) is 154 cm³/mol. The molecule has 4 aliphatic carbocycles. The number of aromatic nitrogens is 4. The number of fused-ring (bicyclic) bond motifs is 1. The molecule has 4 bridgehead atoms. The standard InChI is InChI=1S/C30H39N7O5/c1-29(2,3)41-28(40)37-8-5-19(6-9-37)33-26(39)25-34-27(42-36-25)21-15-32-24-20(4-7-31-24)22(21)35-30-12-16-10-17(13-30)23(38)18(11-16)14-30/h4,7,15-19,23,38H,5-6,8-14H2,1-3H3,(H,33,39)(H2,31,32,35)/t16?,17-,18+,23?,30?. The lowest BCUT2D eigenvalue weighted by Gasteiger charge is -2.59. The van der Waals surface area contributed by atoms with Crippen molar-refractivity contribution in [1.82, 2.24) is 30.3 Å². The molecule has 224 valence electrons. The highest BCUT2D eigenvalue weighted by atomic mass is 16.6. The third kappa shape index (κ3) is 4.99. The number of anilines is 1. The Labute approximate surface area is 244 Å². The van der Waals surface area contributed by atoms with Crippen LogP contribution in [-0.2, 0) is 4.74 Å². The minimum Gasteiger partial charge on any atom is -0.444 e. The Kier molecular flexibility index (Phi) is 6.45. The van der Waals surface area contributed by atoms with Gasteiger partial charge >= 0.3 is 6.09 Å². The number of carbonyl (C=O) groups is 2. The summed E-state index contributed by atoms with van der Waals surface area (Å²) in [6.45, 7) is 6.52. The van der Waals surface area contributed by atoms with Crippen molar-refractivity contribution in [3.8, 4) is 11.5 Å². The fourth-order valence-corrected chi connectivity index (χ4v) is 7.93. The molecule has 5 atom stereocenters. The summed E-state index contributed by atoms with van der Waals surface area (Å²) in [4.78, 5) is 39.4. The number of pyridine rings is 1. The maximum Gasteiger partial charge on any atom is 0.410 e. The normalized spacial score (nSPS) is 29.2. The molecule has 5 aliphatic rings. The number of hydrogen-bond acceptors (Lipinski definition) is 9. The molecule has 8 rings (SSSR count). The number of piperidine rings is 1. The first-order chi connectivity index (χ1) is 20.1. The first-order valence-corrected chi connectivity index (χ1v) is 15.1. The molecule has 3 aromatic heterocycles. The van der Waals surface area contributed by atoms with Crippen molar-refractivity contribution in [1.29, 1.82) is 0 Å². The monoisotopic (exact) mass is 577 g/mol. The molecule has 3 aromatic rings. The van der Waals surface area contributed by atoms with Gasteiger partial charge in [0.15, 0.2) is 0 Å². The van der Waals surface area contributed by atoms with Crippen LogP contribution in [-0.4, -0.2) is 78.5 Å². The second-order valence-electron chi connectivity index (χ2n) is 13.8. The second-order valence-corrected chi connectivity index (χ2v) is 13.8. The lowest BCUT2D eigenvalue weighted by Crippen LogP contribution is -2.60. The Morgan fingerprint density at radius 2 is 1.90 bits per heavy atom. The molecule has 2 amide bonds. The van der Waals surface area contributed by atoms with E-state index in [0.717, 1.165) is 48.8 Å². The van der Waals surface area contributed by atoms with Crippen LogP contribution in [0.25, 0.3) is 22.5 Å². The summed E-state index contributed by atoms with van der Waals surface area (Å²) in [5.74, 6) is 1.04. The van der Waals surface area contributed by atoms with Crippen molar-refractivity contribution in [3.05, 3.63) is 24.3 Å². The van der Waals surface area contributed by atoms with Crippen LogP contribution < -0.4 is 10.6 Å². The predicted octanol–water partition coefficient (Wildman–Crippen LogP) is 4.09. The number of hydrogen-bond donors (Lipinski definition) is 4. The van der Waals surface area contributed by atoms with Gasteiger partial charge in [0.2, 0.25) is 0 Å². The Balaban J connectivity index is 1.07. The molecular formula is C30H39N7O5. The maximum absolute atomic E-state index is 13.1. The highest BCUT2D eigenvalue weighted by molar-refractivity contribution is 5.98. The van der Waals surface area contributed by atoms with E-state index in [1.807, 2.05) is 33.0 Å². The van der Waals surface area contributed by atoms with Gasteiger partial charge in [-0.2, -0.15) is 4.98 Å². The molecule has 4 saturated carbocycles. The number of carbonyl (C=O) groups excluding carboxylic acids is 2. The maximum atomic E-state index is 13.1. The van der Waals surface area contributed by atoms with Gasteiger partial charge in [-0.1, -0.05) is 5.16 Å². The molecule has 0 radical (unpaired) electrons. The van der Waals surface area contributed by atoms with Crippen LogP contribution >= 0.6 is 0 Å². The van der Waals surface area contributed by atoms with Gasteiger partial charge in [0.05, 0.1) is 17.4 Å². The second kappa shape index (κ2) is 9.96. The van der Waals surface area contributed by atoms with Crippen LogP contribution in [0.3, 0.4) is 0 Å². The van der Waals surface area contributed by atoms with Gasteiger partial charge in [0.25, 0.3) is 17.6 Å². The Hall–Kier alpha value is -3.67. The summed E-state index contributed by atoms with van der Waals surface area (Å²) < 4.78 is 11.1. The Morgan fingerprint density at radius 1 is 1.17 bits per heavy atom. The van der Waals surface area contributed by atoms with E-state index < -0.39 is 11.5 Å². The highest BCUT2D eigenvalue weighted by Crippen LogP contribution is 2.57. The van der Waals surface area contributed by atoms with Crippen LogP contribution in [0.4, 0.5) is 10.5 Å². The van der Waals surface area contributed by atoms with Gasteiger partial charge in [-0.15, -0.1) is 0 Å². The van der Waals surface area contributed by atoms with Crippen molar-refractivity contribution in [3.63, 3.8) is 0 Å². The minimum atomic E-state index is -0.549. The fraction of sp³-hybridized carbons (Fsp3) is 0.633. The summed E-state index contributed by atoms with van der Waals surface area (Å²) in [5, 5.41) is 22.6. The quantitative estimate of drug-likeness (QED) is 0.350. The third-order valence-corrected chi connectivity index (χ3v) is 9.54. The molecule has 4 heterocycles. The highest BCUT2D eigenvalue weighted by Gasteiger charge is 2.55. The molecule has 42 heavy (non-hydrogen) atoms. The van der Waals surface area contributed by atoms with Gasteiger partial charge < -0.3 is 34.9 Å². The summed E-state index contributed by atoms with van der Waals surface area (Å²) >= 11 is 0. The van der Waals surface area contributed by atoms with E-state index in [9.17, 15) is 14.7 Å². The lowest BCUT2D eigenvalue weighted by atomic mass is 9.51. The molecule has 12 nitrogen and oxygen atoms in total. The molecule has 0 spiro atoms. The molecule has 12 heteroatoms. The van der Waals surface area contributed by atoms with E-state index >= 15 is 0 Å². The van der Waals surface area contributed by atoms with Crippen LogP contribution in [0.2, 0.25) is 0 Å². The smallest absolute Gasteiger partial charge is 0.410 e. The minimum absolute atomic E-state index is 0.0439. The van der Waals surface area contributed by atoms with E-state index in [1.54, 1.807) is 11.1 Å². The van der Waals surface area contributed by atoms with Gasteiger partial charge in [-0.3, -0.25) is 4.79 Å². The van der Waals surface area contributed by atoms with E-state index in [2.05, 4.69) is 30.7 Å². The third-order valence-electron chi connectivity index (χ3n) is 9.54. The number of likely N-dealkylation sites (tertiary alicyclic amines) is 1. The topological polar surface area (TPSA) is 158 Å². The number of nitrogens with one attached hydrogen (secondary N) is 3. The summed E-state index contributed by atoms with van der Waals surface area (Å²) in [5.41, 5.74) is 1.61. The van der Waals surface area contributed by atoms with Gasteiger partial charge in [-0.05, 0) is 89.5 Å². The number of aliphatic hydroxyl groups excluding tert-OH is 1. The molecule has 1 saturated heterocycles. The molecule has 1 aliphatic heterocycles. The molecular weight excluding hydrogens is 538 g/mol. The summed E-state index contributed by atoms with van der Waals surface area (Å²) in [6.07, 6.45) is 9.38. The first-order valence-electron chi connectivity index (χ1n) is 15.1. The average molecular weight is 578 g/mol. The van der Waals surface area contributed by atoms with Gasteiger partial charge in [-0.25, -0.2) is 9.78 Å². The van der Waals surface area contributed by atoms with Gasteiger partial charge in [0, 0.05) is 42.5 Å². The van der Waals surface area contributed by atoms with Crippen LogP contribution in [0.15, 0.2) is 23.0 Å². The Morgan fingerprint density at radius 3 is 2.62 bits per heavy atom. The van der Waals surface area contributed by atoms with E-state index in [-0.39, 0.29) is 35.5 Å². The van der Waals surface area contributed by atoms with Crippen LogP contribution in [0.5, 0.6) is 0 Å². The zero-order chi connectivity index (χ0) is 29.2. The number of nitrogens with zero attached hydrogens (tertiary/aromatic N) is 4. The zero-order valence-corrected chi connectivity index (χ0v) is 24.4. The summed E-state index contributed by atoms with van der Waals surface area (Å²) in [7, 11) is 0. The first kappa shape index (κ1) is 27.2. The SMILES string of the molecule is CC(C)(C)OC(=O)N1CCC(NC(=O)c2noc(-c3cnc4[nH]ccc4c3NC34CC5C[C@H](C3)C(O)[C@@H](C5)C4)n2)CC1. The van der Waals surface area contributed by atoms with Crippen LogP contribution in [0.1, 0.15) is 76.3 Å². The number of rotatable bonds is 5. The van der Waals surface area contributed by atoms with E-state index in [4.69, 9.17) is 9.26 Å².